The number of ketones is 2. The first-order valence-electron chi connectivity index (χ1n) is 13.2. The van der Waals surface area contributed by atoms with Gasteiger partial charge in [0.2, 0.25) is 11.6 Å². The summed E-state index contributed by atoms with van der Waals surface area (Å²) >= 11 is 0. The van der Waals surface area contributed by atoms with Crippen LogP contribution in [0.3, 0.4) is 0 Å². The summed E-state index contributed by atoms with van der Waals surface area (Å²) in [5.41, 5.74) is -4.33. The van der Waals surface area contributed by atoms with Crippen molar-refractivity contribution >= 4 is 17.5 Å². The van der Waals surface area contributed by atoms with E-state index in [4.69, 9.17) is 4.74 Å². The lowest BCUT2D eigenvalue weighted by Gasteiger charge is -2.60. The van der Waals surface area contributed by atoms with Gasteiger partial charge in [0.1, 0.15) is 6.17 Å². The van der Waals surface area contributed by atoms with Crippen LogP contribution in [0.1, 0.15) is 72.6 Å². The number of aliphatic hydroxyl groups excluding tert-OH is 1. The zero-order chi connectivity index (χ0) is 26.6. The van der Waals surface area contributed by atoms with Crippen molar-refractivity contribution in [1.29, 1.82) is 0 Å². The molecule has 0 bridgehead atoms. The molecule has 5 nitrogen and oxygen atoms in total. The van der Waals surface area contributed by atoms with Crippen LogP contribution in [0.2, 0.25) is 0 Å². The number of carbonyl (C=O) groups is 3. The summed E-state index contributed by atoms with van der Waals surface area (Å²) in [4.78, 5) is 38.1. The van der Waals surface area contributed by atoms with Gasteiger partial charge in [0.05, 0.1) is 6.10 Å². The number of aliphatic hydroxyl groups is 1. The van der Waals surface area contributed by atoms with Gasteiger partial charge >= 0.3 is 5.97 Å². The summed E-state index contributed by atoms with van der Waals surface area (Å²) in [6.45, 7) is 5.82. The Bertz CT molecular complexity index is 1010. The van der Waals surface area contributed by atoms with E-state index in [2.05, 4.69) is 0 Å². The standard InChI is InChI=1S/C28H37F3O5/c1-5-6-7-8-22(35)36-28(21(34)14-29)15(2)11-17-16-12-18(30)24-25(31)19(32)9-10-26(24,3)23(16)20(33)13-27(17,28)4/h9-10,15-18,20,23,33H,5-8,11-14H2,1-4H3/t15-,16+,17+,18+,20+,23-,26-,27+,28-/m1/s1. The zero-order valence-corrected chi connectivity index (χ0v) is 21.5. The number of halogens is 3. The minimum absolute atomic E-state index is 0.0143. The number of unbranched alkanes of at least 4 members (excludes halogenated alkanes) is 2. The Morgan fingerprint density at radius 2 is 1.92 bits per heavy atom. The summed E-state index contributed by atoms with van der Waals surface area (Å²) < 4.78 is 50.4. The molecule has 200 valence electrons. The summed E-state index contributed by atoms with van der Waals surface area (Å²) in [6.07, 6.45) is 2.42. The van der Waals surface area contributed by atoms with E-state index < -0.39 is 76.5 Å². The molecule has 0 heterocycles. The van der Waals surface area contributed by atoms with E-state index in [1.165, 1.54) is 6.08 Å². The number of fused-ring (bicyclic) bond motifs is 5. The molecule has 0 spiro atoms. The van der Waals surface area contributed by atoms with Crippen LogP contribution < -0.4 is 0 Å². The average Bonchev–Trinajstić information content (AvgIpc) is 3.03. The molecule has 0 aromatic carbocycles. The minimum Gasteiger partial charge on any atom is -0.450 e. The molecule has 0 unspecified atom stereocenters. The van der Waals surface area contributed by atoms with Gasteiger partial charge in [-0.3, -0.25) is 14.4 Å². The molecular weight excluding hydrogens is 473 g/mol. The van der Waals surface area contributed by atoms with E-state index in [1.807, 2.05) is 6.92 Å². The lowest BCUT2D eigenvalue weighted by atomic mass is 9.45. The highest BCUT2D eigenvalue weighted by Gasteiger charge is 2.73. The van der Waals surface area contributed by atoms with Crippen LogP contribution in [-0.4, -0.2) is 47.2 Å². The fraction of sp³-hybridized carbons (Fsp3) is 0.750. The van der Waals surface area contributed by atoms with Gasteiger partial charge in [0.15, 0.2) is 18.1 Å². The number of Topliss-reactive ketones (excluding diaryl/α,β-unsaturated/α-hetero) is 1. The molecule has 0 radical (unpaired) electrons. The lowest BCUT2D eigenvalue weighted by Crippen LogP contribution is -2.64. The molecule has 0 amide bonds. The first-order valence-corrected chi connectivity index (χ1v) is 13.2. The van der Waals surface area contributed by atoms with Gasteiger partial charge in [-0.15, -0.1) is 0 Å². The molecule has 4 rings (SSSR count). The molecule has 3 saturated carbocycles. The van der Waals surface area contributed by atoms with Crippen molar-refractivity contribution in [3.63, 3.8) is 0 Å². The van der Waals surface area contributed by atoms with E-state index in [9.17, 15) is 28.3 Å². The molecule has 0 aromatic rings. The van der Waals surface area contributed by atoms with E-state index in [0.29, 0.717) is 12.8 Å². The molecule has 0 aliphatic heterocycles. The molecule has 3 fully saturated rings. The van der Waals surface area contributed by atoms with Gasteiger partial charge in [-0.05, 0) is 43.6 Å². The second-order valence-electron chi connectivity index (χ2n) is 11.8. The first kappa shape index (κ1) is 27.1. The van der Waals surface area contributed by atoms with Crippen LogP contribution >= 0.6 is 0 Å². The minimum atomic E-state index is -1.77. The molecule has 8 heteroatoms. The lowest BCUT2D eigenvalue weighted by molar-refractivity contribution is -0.206. The van der Waals surface area contributed by atoms with Crippen molar-refractivity contribution in [2.24, 2.45) is 34.5 Å². The Morgan fingerprint density at radius 1 is 1.22 bits per heavy atom. The monoisotopic (exact) mass is 510 g/mol. The zero-order valence-electron chi connectivity index (χ0n) is 21.5. The van der Waals surface area contributed by atoms with E-state index in [1.54, 1.807) is 20.8 Å². The van der Waals surface area contributed by atoms with Crippen molar-refractivity contribution in [2.45, 2.75) is 90.5 Å². The maximum absolute atomic E-state index is 15.6. The Kier molecular flexibility index (Phi) is 7.08. The normalized spacial score (nSPS) is 43.6. The van der Waals surface area contributed by atoms with Gasteiger partial charge in [0, 0.05) is 34.7 Å². The average molecular weight is 511 g/mol. The number of hydrogen-bond acceptors (Lipinski definition) is 5. The Balaban J connectivity index is 1.76. The van der Waals surface area contributed by atoms with Gasteiger partial charge < -0.3 is 9.84 Å². The summed E-state index contributed by atoms with van der Waals surface area (Å²) in [7, 11) is 0. The molecule has 4 aliphatic rings. The Hall–Kier alpha value is -1.96. The number of alkyl halides is 2. The van der Waals surface area contributed by atoms with E-state index >= 15 is 4.39 Å². The highest BCUT2D eigenvalue weighted by atomic mass is 19.1. The predicted molar refractivity (Wildman–Crippen MR) is 127 cm³/mol. The Labute approximate surface area is 210 Å². The third-order valence-electron chi connectivity index (χ3n) is 9.89. The third kappa shape index (κ3) is 3.64. The van der Waals surface area contributed by atoms with Crippen LogP contribution in [0, 0.1) is 34.5 Å². The number of rotatable bonds is 7. The summed E-state index contributed by atoms with van der Waals surface area (Å²) in [5, 5.41) is 11.5. The molecule has 36 heavy (non-hydrogen) atoms. The molecular formula is C28H37F3O5. The number of esters is 1. The van der Waals surface area contributed by atoms with Gasteiger partial charge in [-0.2, -0.15) is 0 Å². The predicted octanol–water partition coefficient (Wildman–Crippen LogP) is 5.16. The first-order chi connectivity index (χ1) is 16.9. The molecule has 1 N–H and O–H groups in total. The fourth-order valence-corrected chi connectivity index (χ4v) is 8.47. The van der Waals surface area contributed by atoms with Crippen LogP contribution in [0.5, 0.6) is 0 Å². The van der Waals surface area contributed by atoms with Gasteiger partial charge in [-0.1, -0.05) is 46.6 Å². The second kappa shape index (κ2) is 9.41. The number of carbonyl (C=O) groups excluding carboxylic acids is 3. The van der Waals surface area contributed by atoms with Crippen LogP contribution in [0.15, 0.2) is 23.6 Å². The smallest absolute Gasteiger partial charge is 0.306 e. The number of ether oxygens (including phenoxy) is 1. The van der Waals surface area contributed by atoms with Crippen LogP contribution in [-0.2, 0) is 19.1 Å². The molecule has 4 aliphatic carbocycles. The molecule has 9 atom stereocenters. The number of hydrogen-bond donors (Lipinski definition) is 1. The highest BCUT2D eigenvalue weighted by molar-refractivity contribution is 6.04. The van der Waals surface area contributed by atoms with Gasteiger partial charge in [-0.25, -0.2) is 13.2 Å². The quantitative estimate of drug-likeness (QED) is 0.378. The second-order valence-corrected chi connectivity index (χ2v) is 11.8. The fourth-order valence-electron chi connectivity index (χ4n) is 8.47. The number of allylic oxidation sites excluding steroid dienone is 4. The summed E-state index contributed by atoms with van der Waals surface area (Å²) in [5.74, 6) is -5.38. The molecule has 0 aromatic heterocycles. The van der Waals surface area contributed by atoms with Crippen LogP contribution in [0.25, 0.3) is 0 Å². The third-order valence-corrected chi connectivity index (χ3v) is 9.89. The van der Waals surface area contributed by atoms with Crippen molar-refractivity contribution in [2.75, 3.05) is 6.67 Å². The van der Waals surface area contributed by atoms with Crippen molar-refractivity contribution < 1.29 is 37.4 Å². The Morgan fingerprint density at radius 3 is 2.56 bits per heavy atom. The van der Waals surface area contributed by atoms with Crippen LogP contribution in [0.4, 0.5) is 13.2 Å². The largest absolute Gasteiger partial charge is 0.450 e. The highest BCUT2D eigenvalue weighted by Crippen LogP contribution is 2.69. The topological polar surface area (TPSA) is 80.7 Å². The van der Waals surface area contributed by atoms with E-state index in [-0.39, 0.29) is 30.8 Å². The van der Waals surface area contributed by atoms with Crippen molar-refractivity contribution in [3.8, 4) is 0 Å². The molecule has 0 saturated heterocycles. The maximum atomic E-state index is 15.6. The van der Waals surface area contributed by atoms with Gasteiger partial charge in [0.25, 0.3) is 0 Å². The SMILES string of the molecule is CCCCCC(=O)O[C@@]1(C(=O)CF)[C@H](C)C[C@H]2[C@@H]3C[C@H](F)C4=C(F)C(=O)C=C[C@]4(C)[C@H]3[C@@H](O)C[C@@]21C. The van der Waals surface area contributed by atoms with E-state index in [0.717, 1.165) is 18.9 Å². The van der Waals surface area contributed by atoms with Crippen molar-refractivity contribution in [1.82, 2.24) is 0 Å². The summed E-state index contributed by atoms with van der Waals surface area (Å²) in [6, 6.07) is 0. The van der Waals surface area contributed by atoms with Crippen molar-refractivity contribution in [3.05, 3.63) is 23.6 Å². The maximum Gasteiger partial charge on any atom is 0.306 e.